The SMILES string of the molecule is C/C=C(/C)c1ccc(OC)c(OCC)c1.CSC. The lowest BCUT2D eigenvalue weighted by atomic mass is 10.1. The third kappa shape index (κ3) is 5.50. The molecule has 0 aromatic heterocycles. The van der Waals surface area contributed by atoms with Crippen molar-refractivity contribution in [1.82, 2.24) is 0 Å². The second-order valence-corrected chi connectivity index (χ2v) is 4.50. The van der Waals surface area contributed by atoms with E-state index in [1.165, 1.54) is 11.1 Å². The number of hydrogen-bond donors (Lipinski definition) is 0. The first kappa shape index (κ1) is 16.9. The Labute approximate surface area is 115 Å². The fourth-order valence-corrected chi connectivity index (χ4v) is 1.36. The van der Waals surface area contributed by atoms with Crippen LogP contribution in [0.2, 0.25) is 0 Å². The summed E-state index contributed by atoms with van der Waals surface area (Å²) >= 11 is 1.75. The number of rotatable bonds is 4. The molecule has 1 aromatic carbocycles. The highest BCUT2D eigenvalue weighted by molar-refractivity contribution is 7.97. The fraction of sp³-hybridized carbons (Fsp3) is 0.467. The summed E-state index contributed by atoms with van der Waals surface area (Å²) < 4.78 is 10.7. The third-order valence-corrected chi connectivity index (χ3v) is 2.35. The number of allylic oxidation sites excluding steroid dienone is 2. The molecule has 1 aromatic rings. The average molecular weight is 268 g/mol. The quantitative estimate of drug-likeness (QED) is 0.801. The Kier molecular flexibility index (Phi) is 9.29. The first-order valence-corrected chi connectivity index (χ1v) is 7.62. The van der Waals surface area contributed by atoms with Gasteiger partial charge >= 0.3 is 0 Å². The van der Waals surface area contributed by atoms with Crippen LogP contribution in [0.3, 0.4) is 0 Å². The number of methoxy groups -OCH3 is 1. The molecule has 0 atom stereocenters. The normalized spacial score (nSPS) is 10.4. The lowest BCUT2D eigenvalue weighted by Gasteiger charge is -2.11. The monoisotopic (exact) mass is 268 g/mol. The summed E-state index contributed by atoms with van der Waals surface area (Å²) in [6, 6.07) is 5.99. The van der Waals surface area contributed by atoms with Crippen LogP contribution in [-0.2, 0) is 0 Å². The zero-order chi connectivity index (χ0) is 14.0. The van der Waals surface area contributed by atoms with Crippen molar-refractivity contribution in [3.63, 3.8) is 0 Å². The lowest BCUT2D eigenvalue weighted by Crippen LogP contribution is -1.96. The molecule has 0 radical (unpaired) electrons. The van der Waals surface area contributed by atoms with Crippen LogP contribution < -0.4 is 9.47 Å². The largest absolute Gasteiger partial charge is 0.493 e. The van der Waals surface area contributed by atoms with Gasteiger partial charge in [-0.15, -0.1) is 0 Å². The molecular weight excluding hydrogens is 244 g/mol. The fourth-order valence-electron chi connectivity index (χ4n) is 1.36. The summed E-state index contributed by atoms with van der Waals surface area (Å²) in [5, 5.41) is 0. The lowest BCUT2D eigenvalue weighted by molar-refractivity contribution is 0.311. The van der Waals surface area contributed by atoms with Crippen molar-refractivity contribution in [2.45, 2.75) is 20.8 Å². The smallest absolute Gasteiger partial charge is 0.161 e. The standard InChI is InChI=1S/C13H18O2.C2H6S/c1-5-10(3)11-7-8-12(14-4)13(9-11)15-6-2;1-3-2/h5,7-9H,6H2,1-4H3;1-2H3/b10-5-;. The molecule has 0 fully saturated rings. The van der Waals surface area contributed by atoms with Crippen molar-refractivity contribution in [3.8, 4) is 11.5 Å². The van der Waals surface area contributed by atoms with Gasteiger partial charge in [-0.1, -0.05) is 12.1 Å². The van der Waals surface area contributed by atoms with Gasteiger partial charge in [0.1, 0.15) is 0 Å². The van der Waals surface area contributed by atoms with Gasteiger partial charge in [-0.3, -0.25) is 0 Å². The van der Waals surface area contributed by atoms with Gasteiger partial charge in [-0.05, 0) is 56.6 Å². The van der Waals surface area contributed by atoms with E-state index in [9.17, 15) is 0 Å². The molecule has 18 heavy (non-hydrogen) atoms. The van der Waals surface area contributed by atoms with Gasteiger partial charge in [-0.25, -0.2) is 0 Å². The van der Waals surface area contributed by atoms with Crippen LogP contribution in [0.4, 0.5) is 0 Å². The molecule has 0 bridgehead atoms. The maximum Gasteiger partial charge on any atom is 0.161 e. The summed E-state index contributed by atoms with van der Waals surface area (Å²) in [4.78, 5) is 0. The molecule has 102 valence electrons. The van der Waals surface area contributed by atoms with Crippen LogP contribution in [0.1, 0.15) is 26.3 Å². The second-order valence-electron chi connectivity index (χ2n) is 3.68. The molecule has 1 rings (SSSR count). The molecule has 0 unspecified atom stereocenters. The van der Waals surface area contributed by atoms with E-state index in [2.05, 4.69) is 13.0 Å². The summed E-state index contributed by atoms with van der Waals surface area (Å²) in [6.07, 6.45) is 6.16. The van der Waals surface area contributed by atoms with Gasteiger partial charge in [0.05, 0.1) is 13.7 Å². The topological polar surface area (TPSA) is 18.5 Å². The van der Waals surface area contributed by atoms with Gasteiger partial charge in [-0.2, -0.15) is 11.8 Å². The highest BCUT2D eigenvalue weighted by Crippen LogP contribution is 2.30. The predicted octanol–water partition coefficient (Wildman–Crippen LogP) is 4.50. The maximum absolute atomic E-state index is 5.51. The van der Waals surface area contributed by atoms with Crippen molar-refractivity contribution in [3.05, 3.63) is 29.8 Å². The zero-order valence-electron chi connectivity index (χ0n) is 12.2. The van der Waals surface area contributed by atoms with E-state index in [1.54, 1.807) is 18.9 Å². The van der Waals surface area contributed by atoms with Crippen LogP contribution in [0.25, 0.3) is 5.57 Å². The Morgan fingerprint density at radius 3 is 2.33 bits per heavy atom. The molecule has 0 amide bonds. The molecule has 0 spiro atoms. The van der Waals surface area contributed by atoms with Gasteiger partial charge < -0.3 is 9.47 Å². The molecule has 0 saturated heterocycles. The van der Waals surface area contributed by atoms with E-state index >= 15 is 0 Å². The molecular formula is C15H24O2S. The van der Waals surface area contributed by atoms with Gasteiger partial charge in [0.25, 0.3) is 0 Å². The van der Waals surface area contributed by atoms with Crippen molar-refractivity contribution in [1.29, 1.82) is 0 Å². The van der Waals surface area contributed by atoms with Crippen molar-refractivity contribution < 1.29 is 9.47 Å². The first-order chi connectivity index (χ1) is 8.64. The van der Waals surface area contributed by atoms with Gasteiger partial charge in [0, 0.05) is 0 Å². The molecule has 0 heterocycles. The van der Waals surface area contributed by atoms with Crippen LogP contribution in [0, 0.1) is 0 Å². The molecule has 0 aliphatic heterocycles. The van der Waals surface area contributed by atoms with Crippen LogP contribution >= 0.6 is 11.8 Å². The van der Waals surface area contributed by atoms with Crippen molar-refractivity contribution in [2.24, 2.45) is 0 Å². The number of thioether (sulfide) groups is 1. The van der Waals surface area contributed by atoms with E-state index in [-0.39, 0.29) is 0 Å². The molecule has 0 aliphatic carbocycles. The van der Waals surface area contributed by atoms with Gasteiger partial charge in [0.2, 0.25) is 0 Å². The Morgan fingerprint density at radius 1 is 1.28 bits per heavy atom. The Hall–Kier alpha value is -1.09. The number of hydrogen-bond acceptors (Lipinski definition) is 3. The molecule has 0 saturated carbocycles. The average Bonchev–Trinajstić information content (AvgIpc) is 2.39. The molecule has 0 aliphatic rings. The predicted molar refractivity (Wildman–Crippen MR) is 82.9 cm³/mol. The minimum atomic E-state index is 0.648. The van der Waals surface area contributed by atoms with Crippen molar-refractivity contribution >= 4 is 17.3 Å². The zero-order valence-corrected chi connectivity index (χ0v) is 13.1. The van der Waals surface area contributed by atoms with E-state index in [0.717, 1.165) is 11.5 Å². The minimum Gasteiger partial charge on any atom is -0.493 e. The highest BCUT2D eigenvalue weighted by atomic mass is 32.2. The van der Waals surface area contributed by atoms with E-state index in [4.69, 9.17) is 9.47 Å². The molecule has 0 N–H and O–H groups in total. The summed E-state index contributed by atoms with van der Waals surface area (Å²) in [5.41, 5.74) is 2.40. The van der Waals surface area contributed by atoms with Crippen molar-refractivity contribution in [2.75, 3.05) is 26.2 Å². The Morgan fingerprint density at radius 2 is 1.89 bits per heavy atom. The van der Waals surface area contributed by atoms with E-state index in [1.807, 2.05) is 44.6 Å². The minimum absolute atomic E-state index is 0.648. The number of benzene rings is 1. The Balaban J connectivity index is 0.000000873. The summed E-state index contributed by atoms with van der Waals surface area (Å²) in [5.74, 6) is 1.59. The number of ether oxygens (including phenoxy) is 2. The molecule has 3 heteroatoms. The Bertz CT molecular complexity index is 373. The summed E-state index contributed by atoms with van der Waals surface area (Å²) in [7, 11) is 1.65. The highest BCUT2D eigenvalue weighted by Gasteiger charge is 2.05. The van der Waals surface area contributed by atoms with Gasteiger partial charge in [0.15, 0.2) is 11.5 Å². The van der Waals surface area contributed by atoms with Crippen LogP contribution in [-0.4, -0.2) is 26.2 Å². The second kappa shape index (κ2) is 9.89. The first-order valence-electron chi connectivity index (χ1n) is 5.98. The van der Waals surface area contributed by atoms with Crippen LogP contribution in [0.15, 0.2) is 24.3 Å². The van der Waals surface area contributed by atoms with Crippen LogP contribution in [0.5, 0.6) is 11.5 Å². The maximum atomic E-state index is 5.51. The summed E-state index contributed by atoms with van der Waals surface area (Å²) in [6.45, 7) is 6.72. The van der Waals surface area contributed by atoms with E-state index < -0.39 is 0 Å². The van der Waals surface area contributed by atoms with E-state index in [0.29, 0.717) is 6.61 Å². The third-order valence-electron chi connectivity index (χ3n) is 2.35. The molecule has 2 nitrogen and oxygen atoms in total.